The maximum atomic E-state index is 12.7. The van der Waals surface area contributed by atoms with Crippen LogP contribution in [0.15, 0.2) is 114 Å². The van der Waals surface area contributed by atoms with Crippen molar-refractivity contribution >= 4 is 105 Å². The molecule has 10 N–H and O–H groups in total. The van der Waals surface area contributed by atoms with Gasteiger partial charge in [-0.25, -0.2) is 22.7 Å². The number of rotatable bonds is 20. The van der Waals surface area contributed by atoms with Crippen LogP contribution in [0.2, 0.25) is 0 Å². The first-order valence-corrected chi connectivity index (χ1v) is 23.7. The predicted octanol–water partition coefficient (Wildman–Crippen LogP) is 3.73. The minimum atomic E-state index is -5.28. The van der Waals surface area contributed by atoms with Gasteiger partial charge in [0.1, 0.15) is 21.2 Å². The van der Waals surface area contributed by atoms with Crippen molar-refractivity contribution in [2.75, 3.05) is 33.7 Å². The van der Waals surface area contributed by atoms with Crippen LogP contribution in [0.25, 0.3) is 0 Å². The molecule has 0 fully saturated rings. The average Bonchev–Trinajstić information content (AvgIpc) is 3.22. The smallest absolute Gasteiger partial charge is 0.397 e. The highest BCUT2D eigenvalue weighted by Crippen LogP contribution is 2.37. The second-order valence-corrected chi connectivity index (χ2v) is 18.9. The van der Waals surface area contributed by atoms with Crippen LogP contribution in [0.4, 0.5) is 40.6 Å². The van der Waals surface area contributed by atoms with Crippen molar-refractivity contribution < 1.29 is 81.1 Å². The van der Waals surface area contributed by atoms with Crippen LogP contribution >= 0.6 is 12.0 Å². The molecule has 348 valence electrons. The number of azo groups is 1. The zero-order valence-corrected chi connectivity index (χ0v) is 36.3. The number of carbonyl (C=O) groups is 1. The summed E-state index contributed by atoms with van der Waals surface area (Å²) in [6, 6.07) is 15.1. The summed E-state index contributed by atoms with van der Waals surface area (Å²) in [5.41, 5.74) is 0.565. The first-order valence-electron chi connectivity index (χ1n) is 17.1. The molecule has 0 spiro atoms. The molecule has 1 heterocycles. The number of aromatic nitrogens is 3. The van der Waals surface area contributed by atoms with Crippen LogP contribution in [-0.4, -0.2) is 102 Å². The molecular formula is C32H27N11O18S5. The summed E-state index contributed by atoms with van der Waals surface area (Å²) in [7, 11) is -20.1. The van der Waals surface area contributed by atoms with Crippen molar-refractivity contribution in [3.05, 3.63) is 90.0 Å². The lowest BCUT2D eigenvalue weighted by Gasteiger charge is -2.14. The number of aromatic hydroxyl groups is 1. The Balaban J connectivity index is 1.51. The molecule has 0 aliphatic carbocycles. The average molecular weight is 1010 g/mol. The van der Waals surface area contributed by atoms with E-state index in [0.29, 0.717) is 24.2 Å². The lowest BCUT2D eigenvalue weighted by atomic mass is 10.2. The number of phenolic OH excluding ortho intramolecular Hbond substituents is 1. The highest BCUT2D eigenvalue weighted by molar-refractivity contribution is 7.94. The first-order chi connectivity index (χ1) is 31.0. The number of nitrogens with zero attached hydrogens (tertiary/aromatic N) is 7. The summed E-state index contributed by atoms with van der Waals surface area (Å²) in [4.78, 5) is 20.9. The zero-order valence-electron chi connectivity index (χ0n) is 32.2. The number of phenols is 1. The van der Waals surface area contributed by atoms with E-state index in [1.165, 1.54) is 36.5 Å². The van der Waals surface area contributed by atoms with Crippen LogP contribution in [-0.2, 0) is 54.0 Å². The molecule has 0 bridgehead atoms. The summed E-state index contributed by atoms with van der Waals surface area (Å²) in [6.45, 7) is -1.07. The number of nitriles is 1. The second-order valence-electron chi connectivity index (χ2n) is 12.2. The normalized spacial score (nSPS) is 12.4. The molecule has 29 nitrogen and oxygen atoms in total. The molecule has 1 aromatic heterocycles. The van der Waals surface area contributed by atoms with Crippen molar-refractivity contribution in [1.29, 1.82) is 5.26 Å². The molecule has 66 heavy (non-hydrogen) atoms. The van der Waals surface area contributed by atoms with Gasteiger partial charge in [-0.05, 0) is 42.5 Å². The van der Waals surface area contributed by atoms with Gasteiger partial charge in [-0.3, -0.25) is 24.4 Å². The number of hydrazone groups is 1. The molecule has 0 atom stereocenters. The van der Waals surface area contributed by atoms with E-state index in [2.05, 4.69) is 59.9 Å². The lowest BCUT2D eigenvalue weighted by molar-refractivity contribution is -0.432. The number of carboxylic acid groups (broad SMARTS) is 1. The molecule has 5 aromatic rings. The van der Waals surface area contributed by atoms with Gasteiger partial charge < -0.3 is 20.8 Å². The number of hydrogen-bond donors (Lipinski definition) is 10. The molecule has 0 aliphatic rings. The van der Waals surface area contributed by atoms with E-state index in [1.807, 2.05) is 5.32 Å². The fraction of sp³-hybridized carbons (Fsp3) is 0.0625. The molecule has 0 saturated heterocycles. The Morgan fingerprint density at radius 2 is 1.42 bits per heavy atom. The zero-order chi connectivity index (χ0) is 48.5. The molecule has 0 saturated carbocycles. The van der Waals surface area contributed by atoms with E-state index < -0.39 is 114 Å². The SMILES string of the molecule is N#CNc1nc(Nc2ccc(S(=O)(=O)CCOS(=O)(=O)O)cc2S(=O)(=O)O)nc(Nc2cc(O)c(N=NC(=NNc3cc(SOOO)ccc3C(=O)O)c3ccccc3)cc2S(=O)(=O)O)n1. The Labute approximate surface area is 375 Å². The number of benzene rings is 4. The number of anilines is 6. The minimum absolute atomic E-state index is 0.110. The lowest BCUT2D eigenvalue weighted by Crippen LogP contribution is -2.16. The van der Waals surface area contributed by atoms with Gasteiger partial charge >= 0.3 is 16.4 Å². The highest BCUT2D eigenvalue weighted by Gasteiger charge is 2.25. The maximum absolute atomic E-state index is 12.7. The van der Waals surface area contributed by atoms with Gasteiger partial charge in [-0.15, -0.1) is 14.6 Å². The van der Waals surface area contributed by atoms with Crippen LogP contribution in [0.5, 0.6) is 5.75 Å². The number of nitrogens with one attached hydrogen (secondary N) is 4. The molecule has 0 amide bonds. The molecule has 0 unspecified atom stereocenters. The fourth-order valence-corrected chi connectivity index (χ4v) is 8.32. The van der Waals surface area contributed by atoms with Crippen LogP contribution in [0.1, 0.15) is 15.9 Å². The maximum Gasteiger partial charge on any atom is 0.397 e. The molecule has 4 aromatic carbocycles. The van der Waals surface area contributed by atoms with Gasteiger partial charge in [0.2, 0.25) is 23.7 Å². The van der Waals surface area contributed by atoms with Gasteiger partial charge in [0.25, 0.3) is 20.2 Å². The monoisotopic (exact) mass is 1010 g/mol. The third kappa shape index (κ3) is 13.7. The van der Waals surface area contributed by atoms with Crippen molar-refractivity contribution in [3.8, 4) is 11.9 Å². The number of hydrogen-bond acceptors (Lipinski definition) is 25. The Morgan fingerprint density at radius 3 is 2.03 bits per heavy atom. The number of sulfone groups is 1. The van der Waals surface area contributed by atoms with Crippen LogP contribution in [0.3, 0.4) is 0 Å². The predicted molar refractivity (Wildman–Crippen MR) is 225 cm³/mol. The fourth-order valence-electron chi connectivity index (χ4n) is 5.02. The Bertz CT molecular complexity index is 3230. The molecule has 0 aliphatic heterocycles. The van der Waals surface area contributed by atoms with E-state index in [9.17, 15) is 63.0 Å². The number of aromatic carboxylic acids is 1. The van der Waals surface area contributed by atoms with Crippen molar-refractivity contribution in [2.45, 2.75) is 19.6 Å². The summed E-state index contributed by atoms with van der Waals surface area (Å²) in [5, 5.41) is 60.7. The van der Waals surface area contributed by atoms with E-state index in [-0.39, 0.29) is 27.5 Å². The van der Waals surface area contributed by atoms with Gasteiger partial charge in [0, 0.05) is 16.5 Å². The molecular weight excluding hydrogens is 987 g/mol. The molecule has 5 rings (SSSR count). The summed E-state index contributed by atoms with van der Waals surface area (Å²) in [6.07, 6.45) is 1.49. The number of carboxylic acids is 1. The van der Waals surface area contributed by atoms with Crippen LogP contribution < -0.4 is 21.4 Å². The van der Waals surface area contributed by atoms with Gasteiger partial charge in [-0.1, -0.05) is 35.4 Å². The third-order valence-corrected chi connectivity index (χ3v) is 12.3. The third-order valence-electron chi connectivity index (χ3n) is 7.77. The van der Waals surface area contributed by atoms with Crippen molar-refractivity contribution in [3.63, 3.8) is 0 Å². The van der Waals surface area contributed by atoms with E-state index in [1.54, 1.807) is 18.2 Å². The highest BCUT2D eigenvalue weighted by atomic mass is 32.3. The Morgan fingerprint density at radius 1 is 0.788 bits per heavy atom. The van der Waals surface area contributed by atoms with Crippen LogP contribution in [0, 0.1) is 11.5 Å². The van der Waals surface area contributed by atoms with E-state index >= 15 is 0 Å². The van der Waals surface area contributed by atoms with Crippen molar-refractivity contribution in [1.82, 2.24) is 15.0 Å². The second kappa shape index (κ2) is 20.9. The van der Waals surface area contributed by atoms with E-state index in [0.717, 1.165) is 18.2 Å². The van der Waals surface area contributed by atoms with Gasteiger partial charge in [0.15, 0.2) is 16.0 Å². The number of amidine groups is 1. The van der Waals surface area contributed by atoms with Gasteiger partial charge in [-0.2, -0.15) is 50.6 Å². The first kappa shape index (κ1) is 50.0. The Hall–Kier alpha value is -7.01. The minimum Gasteiger partial charge on any atom is -0.506 e. The quantitative estimate of drug-likeness (QED) is 0.00611. The summed E-state index contributed by atoms with van der Waals surface area (Å²) >= 11 is 0.514. The standard InChI is InChI=1S/C32H27N11O18S5/c33-16-34-30-37-31(35-21-9-7-19(13-26(21)64(50,51)52)63(48,49)11-10-59-66(56,57)58)39-32(38-30)36-24-14-25(44)23(15-27(24)65(53,54)55)41-43-28(17-4-2-1-3-5-17)42-40-22-12-18(62-61-60-47)6-8-20(22)29(45)46/h1-9,12-15,40,44,47H,10-11H2,(H,45,46)(H,50,51,52)(H,53,54,55)(H,56,57,58)(H3,34,35,36,37,38,39). The van der Waals surface area contributed by atoms with Crippen molar-refractivity contribution in [2.24, 2.45) is 15.3 Å². The summed E-state index contributed by atoms with van der Waals surface area (Å²) in [5.74, 6) is -5.45. The van der Waals surface area contributed by atoms with E-state index in [4.69, 9.17) is 9.81 Å². The van der Waals surface area contributed by atoms with Gasteiger partial charge in [0.05, 0.1) is 51.9 Å². The Kier molecular flexibility index (Phi) is 15.8. The molecule has 34 heteroatoms. The molecule has 0 radical (unpaired) electrons. The summed E-state index contributed by atoms with van der Waals surface area (Å²) < 4.78 is 134. The largest absolute Gasteiger partial charge is 0.506 e. The topological polar surface area (TPSA) is 450 Å².